The number of nitrogens with zero attached hydrogens (tertiary/aromatic N) is 1. The zero-order chi connectivity index (χ0) is 9.54. The molecule has 4 nitrogen and oxygen atoms in total. The first-order valence-corrected chi connectivity index (χ1v) is 5.46. The van der Waals surface area contributed by atoms with E-state index in [9.17, 15) is 4.79 Å². The van der Waals surface area contributed by atoms with Gasteiger partial charge < -0.3 is 10.1 Å². The number of cyclic esters (lactones) is 1. The summed E-state index contributed by atoms with van der Waals surface area (Å²) in [6.45, 7) is 5.04. The van der Waals surface area contributed by atoms with Crippen LogP contribution in [0.25, 0.3) is 0 Å². The first-order chi connectivity index (χ1) is 6.84. The van der Waals surface area contributed by atoms with E-state index in [2.05, 4.69) is 10.2 Å². The fourth-order valence-electron chi connectivity index (χ4n) is 2.96. The molecule has 14 heavy (non-hydrogen) atoms. The van der Waals surface area contributed by atoms with Crippen LogP contribution in [0.2, 0.25) is 0 Å². The highest BCUT2D eigenvalue weighted by Gasteiger charge is 2.42. The molecule has 3 fully saturated rings. The minimum absolute atomic E-state index is 0.00191. The van der Waals surface area contributed by atoms with Crippen molar-refractivity contribution < 1.29 is 9.53 Å². The van der Waals surface area contributed by atoms with Crippen LogP contribution in [0.15, 0.2) is 0 Å². The highest BCUT2D eigenvalue weighted by atomic mass is 16.5. The van der Waals surface area contributed by atoms with Crippen LogP contribution < -0.4 is 5.32 Å². The van der Waals surface area contributed by atoms with E-state index in [4.69, 9.17) is 4.74 Å². The maximum atomic E-state index is 11.4. The number of rotatable bonds is 1. The molecule has 3 rings (SSSR count). The highest BCUT2D eigenvalue weighted by molar-refractivity contribution is 5.77. The number of nitrogens with one attached hydrogen (secondary N) is 1. The summed E-state index contributed by atoms with van der Waals surface area (Å²) < 4.78 is 5.00. The predicted molar refractivity (Wildman–Crippen MR) is 50.8 cm³/mol. The zero-order valence-corrected chi connectivity index (χ0v) is 8.24. The number of fused-ring (bicyclic) bond motifs is 1. The molecular weight excluding hydrogens is 180 g/mol. The second kappa shape index (κ2) is 3.21. The van der Waals surface area contributed by atoms with E-state index in [1.54, 1.807) is 0 Å². The summed E-state index contributed by atoms with van der Waals surface area (Å²) in [7, 11) is 0. The number of ether oxygens (including phenoxy) is 1. The Hall–Kier alpha value is -0.610. The first-order valence-electron chi connectivity index (χ1n) is 5.46. The Morgan fingerprint density at radius 1 is 1.29 bits per heavy atom. The van der Waals surface area contributed by atoms with Crippen molar-refractivity contribution in [2.24, 2.45) is 11.8 Å². The smallest absolute Gasteiger partial charge is 0.323 e. The van der Waals surface area contributed by atoms with Gasteiger partial charge in [0.25, 0.3) is 0 Å². The molecule has 3 heterocycles. The van der Waals surface area contributed by atoms with E-state index in [-0.39, 0.29) is 12.0 Å². The summed E-state index contributed by atoms with van der Waals surface area (Å²) in [6.07, 6.45) is 0.895. The lowest BCUT2D eigenvalue weighted by Crippen LogP contribution is -2.38. The van der Waals surface area contributed by atoms with Crippen molar-refractivity contribution in [3.05, 3.63) is 0 Å². The standard InChI is InChI=1S/C10H16N2O2/c13-10-9(1-2-14-10)12-5-7-3-11-4-8(7)6-12/h7-9,11H,1-6H2/t7-,8+,9?. The molecule has 1 N–H and O–H groups in total. The van der Waals surface area contributed by atoms with Crippen LogP contribution in [0.1, 0.15) is 6.42 Å². The van der Waals surface area contributed by atoms with Crippen molar-refractivity contribution in [1.82, 2.24) is 10.2 Å². The van der Waals surface area contributed by atoms with Gasteiger partial charge in [0.2, 0.25) is 0 Å². The minimum atomic E-state index is -0.00191. The quantitative estimate of drug-likeness (QED) is 0.572. The van der Waals surface area contributed by atoms with E-state index in [1.807, 2.05) is 0 Å². The van der Waals surface area contributed by atoms with Crippen LogP contribution in [0, 0.1) is 11.8 Å². The Kier molecular flexibility index (Phi) is 1.99. The Labute approximate surface area is 83.6 Å². The van der Waals surface area contributed by atoms with Gasteiger partial charge in [-0.2, -0.15) is 0 Å². The second-order valence-corrected chi connectivity index (χ2v) is 4.60. The van der Waals surface area contributed by atoms with Crippen molar-refractivity contribution >= 4 is 5.97 Å². The monoisotopic (exact) mass is 196 g/mol. The lowest BCUT2D eigenvalue weighted by atomic mass is 10.0. The average Bonchev–Trinajstić information content (AvgIpc) is 2.75. The summed E-state index contributed by atoms with van der Waals surface area (Å²) >= 11 is 0. The van der Waals surface area contributed by atoms with Gasteiger partial charge in [0, 0.05) is 19.5 Å². The third kappa shape index (κ3) is 1.25. The lowest BCUT2D eigenvalue weighted by molar-refractivity contribution is -0.142. The summed E-state index contributed by atoms with van der Waals surface area (Å²) in [5, 5.41) is 3.40. The Morgan fingerprint density at radius 3 is 2.57 bits per heavy atom. The third-order valence-corrected chi connectivity index (χ3v) is 3.77. The van der Waals surface area contributed by atoms with Crippen LogP contribution in [0.4, 0.5) is 0 Å². The van der Waals surface area contributed by atoms with E-state index in [0.29, 0.717) is 6.61 Å². The number of hydrogen-bond acceptors (Lipinski definition) is 4. The van der Waals surface area contributed by atoms with Gasteiger partial charge in [-0.05, 0) is 24.9 Å². The van der Waals surface area contributed by atoms with Crippen LogP contribution >= 0.6 is 0 Å². The molecule has 0 saturated carbocycles. The molecule has 3 atom stereocenters. The first kappa shape index (κ1) is 8.68. The van der Waals surface area contributed by atoms with Crippen LogP contribution in [0.5, 0.6) is 0 Å². The number of likely N-dealkylation sites (tertiary alicyclic amines) is 1. The van der Waals surface area contributed by atoms with Gasteiger partial charge in [-0.1, -0.05) is 0 Å². The van der Waals surface area contributed by atoms with Gasteiger partial charge in [0.15, 0.2) is 0 Å². The molecule has 0 spiro atoms. The van der Waals surface area contributed by atoms with Gasteiger partial charge in [-0.25, -0.2) is 0 Å². The molecule has 4 heteroatoms. The number of carbonyl (C=O) groups is 1. The van der Waals surface area contributed by atoms with Crippen molar-refractivity contribution in [2.75, 3.05) is 32.8 Å². The molecular formula is C10H16N2O2. The molecule has 3 aliphatic heterocycles. The SMILES string of the molecule is O=C1OCCC1N1C[C@H]2CNC[C@H]2C1. The van der Waals surface area contributed by atoms with Crippen LogP contribution in [-0.4, -0.2) is 49.7 Å². The molecule has 0 bridgehead atoms. The number of esters is 1. The van der Waals surface area contributed by atoms with Gasteiger partial charge in [-0.3, -0.25) is 9.69 Å². The third-order valence-electron chi connectivity index (χ3n) is 3.77. The maximum Gasteiger partial charge on any atom is 0.323 e. The van der Waals surface area contributed by atoms with Crippen molar-refractivity contribution in [1.29, 1.82) is 0 Å². The summed E-state index contributed by atoms with van der Waals surface area (Å²) in [6, 6.07) is 0.0700. The molecule has 1 unspecified atom stereocenters. The lowest BCUT2D eigenvalue weighted by Gasteiger charge is -2.20. The van der Waals surface area contributed by atoms with E-state index >= 15 is 0 Å². The van der Waals surface area contributed by atoms with Crippen LogP contribution in [-0.2, 0) is 9.53 Å². The predicted octanol–water partition coefficient (Wildman–Crippen LogP) is -0.547. The Bertz CT molecular complexity index is 245. The molecule has 0 aliphatic carbocycles. The molecule has 3 saturated heterocycles. The average molecular weight is 196 g/mol. The second-order valence-electron chi connectivity index (χ2n) is 4.60. The summed E-state index contributed by atoms with van der Waals surface area (Å²) in [4.78, 5) is 13.7. The van der Waals surface area contributed by atoms with E-state index in [1.165, 1.54) is 0 Å². The van der Waals surface area contributed by atoms with Crippen molar-refractivity contribution in [3.8, 4) is 0 Å². The molecule has 78 valence electrons. The molecule has 0 aromatic rings. The Morgan fingerprint density at radius 2 is 2.00 bits per heavy atom. The van der Waals surface area contributed by atoms with Gasteiger partial charge in [0.1, 0.15) is 6.04 Å². The van der Waals surface area contributed by atoms with Gasteiger partial charge in [-0.15, -0.1) is 0 Å². The molecule has 0 amide bonds. The Balaban J connectivity index is 1.67. The largest absolute Gasteiger partial charge is 0.464 e. The zero-order valence-electron chi connectivity index (χ0n) is 8.24. The van der Waals surface area contributed by atoms with E-state index in [0.717, 1.165) is 44.4 Å². The number of hydrogen-bond donors (Lipinski definition) is 1. The summed E-state index contributed by atoms with van der Waals surface area (Å²) in [5.74, 6) is 1.53. The highest BCUT2D eigenvalue weighted by Crippen LogP contribution is 2.29. The fraction of sp³-hybridized carbons (Fsp3) is 0.900. The van der Waals surface area contributed by atoms with Gasteiger partial charge in [0.05, 0.1) is 6.61 Å². The summed E-state index contributed by atoms with van der Waals surface area (Å²) in [5.41, 5.74) is 0. The normalized spacial score (nSPS) is 42.9. The van der Waals surface area contributed by atoms with Gasteiger partial charge >= 0.3 is 5.97 Å². The topological polar surface area (TPSA) is 41.6 Å². The fourth-order valence-corrected chi connectivity index (χ4v) is 2.96. The number of carbonyl (C=O) groups excluding carboxylic acids is 1. The van der Waals surface area contributed by atoms with Crippen molar-refractivity contribution in [3.63, 3.8) is 0 Å². The molecule has 3 aliphatic rings. The molecule has 0 aromatic heterocycles. The molecule has 0 radical (unpaired) electrons. The van der Waals surface area contributed by atoms with Crippen molar-refractivity contribution in [2.45, 2.75) is 12.5 Å². The van der Waals surface area contributed by atoms with Crippen LogP contribution in [0.3, 0.4) is 0 Å². The molecule has 0 aromatic carbocycles. The minimum Gasteiger partial charge on any atom is -0.464 e. The maximum absolute atomic E-state index is 11.4. The van der Waals surface area contributed by atoms with E-state index < -0.39 is 0 Å².